The first kappa shape index (κ1) is 36.2. The average molecular weight is 540 g/mol. The molecular formula is C30H61N5O3. The highest BCUT2D eigenvalue weighted by molar-refractivity contribution is 5.87. The van der Waals surface area contributed by atoms with Crippen LogP contribution in [-0.2, 0) is 14.3 Å². The molecule has 0 aromatic carbocycles. The minimum atomic E-state index is -0.740. The summed E-state index contributed by atoms with van der Waals surface area (Å²) in [5, 5.41) is 2.77. The summed E-state index contributed by atoms with van der Waals surface area (Å²) >= 11 is 0. The van der Waals surface area contributed by atoms with Crippen LogP contribution in [0.25, 0.3) is 0 Å². The van der Waals surface area contributed by atoms with Gasteiger partial charge >= 0.3 is 5.97 Å². The van der Waals surface area contributed by atoms with Gasteiger partial charge in [-0.2, -0.15) is 0 Å². The summed E-state index contributed by atoms with van der Waals surface area (Å²) in [6, 6.07) is -1.39. The lowest BCUT2D eigenvalue weighted by Gasteiger charge is -2.20. The average Bonchev–Trinajstić information content (AvgIpc) is 2.86. The molecule has 0 aromatic rings. The van der Waals surface area contributed by atoms with Crippen LogP contribution < -0.4 is 22.5 Å². The molecule has 8 nitrogen and oxygen atoms in total. The zero-order valence-corrected chi connectivity index (χ0v) is 25.0. The number of carbonyl (C=O) groups excluding carboxylic acids is 2. The van der Waals surface area contributed by atoms with E-state index in [2.05, 4.69) is 17.2 Å². The predicted octanol–water partition coefficient (Wildman–Crippen LogP) is 5.70. The highest BCUT2D eigenvalue weighted by Crippen LogP contribution is 2.14. The molecule has 0 bridgehead atoms. The summed E-state index contributed by atoms with van der Waals surface area (Å²) in [6.07, 6.45) is 22.3. The zero-order valence-electron chi connectivity index (χ0n) is 25.0. The first-order valence-corrected chi connectivity index (χ1v) is 15.6. The summed E-state index contributed by atoms with van der Waals surface area (Å²) in [7, 11) is 0. The summed E-state index contributed by atoms with van der Waals surface area (Å²) in [5.41, 5.74) is 16.7. The van der Waals surface area contributed by atoms with E-state index in [0.717, 1.165) is 19.3 Å². The zero-order chi connectivity index (χ0) is 28.4. The first-order chi connectivity index (χ1) is 18.3. The quantitative estimate of drug-likeness (QED) is 0.0480. The number of nitrogens with two attached hydrogens (primary N) is 3. The monoisotopic (exact) mass is 539 g/mol. The number of amides is 1. The molecule has 0 unspecified atom stereocenters. The number of nitrogens with one attached hydrogen (secondary N) is 1. The lowest BCUT2D eigenvalue weighted by molar-refractivity contribution is -0.148. The molecule has 0 aliphatic carbocycles. The first-order valence-electron chi connectivity index (χ1n) is 15.6. The molecule has 0 aromatic heterocycles. The van der Waals surface area contributed by atoms with Gasteiger partial charge in [0.25, 0.3) is 0 Å². The van der Waals surface area contributed by atoms with Crippen molar-refractivity contribution in [1.29, 1.82) is 0 Å². The van der Waals surface area contributed by atoms with Crippen LogP contribution in [0.15, 0.2) is 4.99 Å². The van der Waals surface area contributed by atoms with Crippen LogP contribution in [0.1, 0.15) is 143 Å². The molecule has 2 atom stereocenters. The third kappa shape index (κ3) is 23.3. The van der Waals surface area contributed by atoms with Gasteiger partial charge in [0.05, 0.1) is 12.6 Å². The van der Waals surface area contributed by atoms with Crippen molar-refractivity contribution in [1.82, 2.24) is 5.32 Å². The number of hydrogen-bond acceptors (Lipinski definition) is 5. The highest BCUT2D eigenvalue weighted by atomic mass is 16.5. The SMILES string of the molecule is CCCCCCCCCCCCCCCCCCOC(=O)[C@H](CCCN=C(N)N)NC(=O)[C@@H](N)CC(C)C. The van der Waals surface area contributed by atoms with Gasteiger partial charge in [-0.1, -0.05) is 117 Å². The summed E-state index contributed by atoms with van der Waals surface area (Å²) in [6.45, 7) is 7.04. The Kier molecular flexibility index (Phi) is 24.2. The number of guanidine groups is 1. The van der Waals surface area contributed by atoms with Gasteiger partial charge in [0, 0.05) is 6.54 Å². The fourth-order valence-electron chi connectivity index (χ4n) is 4.57. The smallest absolute Gasteiger partial charge is 0.328 e. The Morgan fingerprint density at radius 1 is 0.763 bits per heavy atom. The Bertz CT molecular complexity index is 609. The number of hydrogen-bond donors (Lipinski definition) is 4. The third-order valence-corrected chi connectivity index (χ3v) is 6.85. The number of esters is 1. The van der Waals surface area contributed by atoms with Crippen molar-refractivity contribution in [3.8, 4) is 0 Å². The van der Waals surface area contributed by atoms with Crippen molar-refractivity contribution < 1.29 is 14.3 Å². The third-order valence-electron chi connectivity index (χ3n) is 6.85. The fraction of sp³-hybridized carbons (Fsp3) is 0.900. The lowest BCUT2D eigenvalue weighted by atomic mass is 10.0. The molecule has 0 heterocycles. The number of rotatable bonds is 26. The second kappa shape index (κ2) is 25.4. The summed E-state index contributed by atoms with van der Waals surface area (Å²) in [5.74, 6) is -0.445. The molecule has 0 fully saturated rings. The lowest BCUT2D eigenvalue weighted by Crippen LogP contribution is -2.49. The Labute approximate surface area is 233 Å². The Balaban J connectivity index is 3.97. The molecule has 0 spiro atoms. The van der Waals surface area contributed by atoms with Crippen molar-refractivity contribution in [2.45, 2.75) is 155 Å². The maximum absolute atomic E-state index is 12.6. The van der Waals surface area contributed by atoms with E-state index in [1.165, 1.54) is 83.5 Å². The van der Waals surface area contributed by atoms with E-state index >= 15 is 0 Å². The van der Waals surface area contributed by atoms with Gasteiger partial charge < -0.3 is 27.3 Å². The molecule has 0 aliphatic rings. The van der Waals surface area contributed by atoms with E-state index in [4.69, 9.17) is 21.9 Å². The maximum atomic E-state index is 12.6. The van der Waals surface area contributed by atoms with E-state index < -0.39 is 18.1 Å². The van der Waals surface area contributed by atoms with E-state index in [0.29, 0.717) is 32.4 Å². The Morgan fingerprint density at radius 2 is 1.24 bits per heavy atom. The molecule has 0 radical (unpaired) electrons. The van der Waals surface area contributed by atoms with Gasteiger partial charge in [0.1, 0.15) is 6.04 Å². The normalized spacial score (nSPS) is 12.8. The van der Waals surface area contributed by atoms with Gasteiger partial charge in [-0.05, 0) is 31.6 Å². The molecule has 0 saturated heterocycles. The molecule has 8 heteroatoms. The largest absolute Gasteiger partial charge is 0.464 e. The van der Waals surface area contributed by atoms with Gasteiger partial charge in [-0.3, -0.25) is 9.79 Å². The maximum Gasteiger partial charge on any atom is 0.328 e. The van der Waals surface area contributed by atoms with E-state index in [1.807, 2.05) is 13.8 Å². The fourth-order valence-corrected chi connectivity index (χ4v) is 4.57. The molecule has 0 aliphatic heterocycles. The molecular weight excluding hydrogens is 478 g/mol. The predicted molar refractivity (Wildman–Crippen MR) is 160 cm³/mol. The van der Waals surface area contributed by atoms with Crippen molar-refractivity contribution >= 4 is 17.8 Å². The van der Waals surface area contributed by atoms with Crippen molar-refractivity contribution in [2.24, 2.45) is 28.1 Å². The summed E-state index contributed by atoms with van der Waals surface area (Å²) in [4.78, 5) is 29.0. The van der Waals surface area contributed by atoms with Crippen molar-refractivity contribution in [2.75, 3.05) is 13.2 Å². The highest BCUT2D eigenvalue weighted by Gasteiger charge is 2.25. The Hall–Kier alpha value is -1.83. The second-order valence-corrected chi connectivity index (χ2v) is 11.2. The van der Waals surface area contributed by atoms with Crippen LogP contribution in [0.5, 0.6) is 0 Å². The topological polar surface area (TPSA) is 146 Å². The van der Waals surface area contributed by atoms with Gasteiger partial charge in [-0.25, -0.2) is 4.79 Å². The molecule has 0 saturated carbocycles. The number of nitrogens with zero attached hydrogens (tertiary/aromatic N) is 1. The van der Waals surface area contributed by atoms with Gasteiger partial charge in [0.15, 0.2) is 5.96 Å². The number of aliphatic imine (C=N–C) groups is 1. The van der Waals surface area contributed by atoms with Gasteiger partial charge in [0.2, 0.25) is 5.91 Å². The van der Waals surface area contributed by atoms with Crippen LogP contribution in [0, 0.1) is 5.92 Å². The van der Waals surface area contributed by atoms with Crippen LogP contribution >= 0.6 is 0 Å². The van der Waals surface area contributed by atoms with E-state index in [9.17, 15) is 9.59 Å². The molecule has 38 heavy (non-hydrogen) atoms. The number of carbonyl (C=O) groups is 2. The second-order valence-electron chi connectivity index (χ2n) is 11.2. The van der Waals surface area contributed by atoms with Crippen LogP contribution in [0.4, 0.5) is 0 Å². The van der Waals surface area contributed by atoms with E-state index in [-0.39, 0.29) is 17.8 Å². The van der Waals surface area contributed by atoms with Crippen LogP contribution in [-0.4, -0.2) is 43.1 Å². The number of unbranched alkanes of at least 4 members (excludes halogenated alkanes) is 15. The van der Waals surface area contributed by atoms with E-state index in [1.54, 1.807) is 0 Å². The molecule has 1 amide bonds. The molecule has 0 rings (SSSR count). The summed E-state index contributed by atoms with van der Waals surface area (Å²) < 4.78 is 5.48. The van der Waals surface area contributed by atoms with Gasteiger partial charge in [-0.15, -0.1) is 0 Å². The number of ether oxygens (including phenoxy) is 1. The molecule has 224 valence electrons. The van der Waals surface area contributed by atoms with Crippen LogP contribution in [0.2, 0.25) is 0 Å². The van der Waals surface area contributed by atoms with Crippen molar-refractivity contribution in [3.05, 3.63) is 0 Å². The Morgan fingerprint density at radius 3 is 1.68 bits per heavy atom. The standard InChI is InChI=1S/C30H61N5O3/c1-4-5-6-7-8-9-10-11-12-13-14-15-16-17-18-19-23-38-29(37)27(21-20-22-34-30(32)33)35-28(36)26(31)24-25(2)3/h25-27H,4-24,31H2,1-3H3,(H,35,36)(H4,32,33,34)/t26-,27-/m0/s1. The molecule has 7 N–H and O–H groups in total. The minimum absolute atomic E-state index is 0.00983. The van der Waals surface area contributed by atoms with Crippen LogP contribution in [0.3, 0.4) is 0 Å². The minimum Gasteiger partial charge on any atom is -0.464 e. The van der Waals surface area contributed by atoms with Crippen molar-refractivity contribution in [3.63, 3.8) is 0 Å².